The Kier molecular flexibility index (Phi) is 4.90. The number of phenols is 2. The zero-order valence-electron chi connectivity index (χ0n) is 17.7. The summed E-state index contributed by atoms with van der Waals surface area (Å²) in [6, 6.07) is 10.7. The monoisotopic (exact) mass is 452 g/mol. The summed E-state index contributed by atoms with van der Waals surface area (Å²) in [7, 11) is 2.86. The lowest BCUT2D eigenvalue weighted by molar-refractivity contribution is 0.0396. The van der Waals surface area contributed by atoms with E-state index in [2.05, 4.69) is 0 Å². The average Bonchev–Trinajstić information content (AvgIpc) is 3.16. The van der Waals surface area contributed by atoms with Gasteiger partial charge in [0.2, 0.25) is 5.75 Å². The van der Waals surface area contributed by atoms with E-state index < -0.39 is 17.8 Å². The Hall–Kier alpha value is -4.11. The van der Waals surface area contributed by atoms with E-state index in [-0.39, 0.29) is 46.3 Å². The van der Waals surface area contributed by atoms with E-state index in [1.54, 1.807) is 24.3 Å². The van der Waals surface area contributed by atoms with Gasteiger partial charge in [0.15, 0.2) is 35.2 Å². The molecule has 0 radical (unpaired) electrons. The standard InChI is InChI=1S/C24H20O9/c1-29-22-15(27)7-5-14-20(18(10-25)32-21(14)22)31-16-8-6-13-19(23(16)30-2)12-4-3-11(26)9-17(12)33-24(13)28/h3-9,18,20,25-27H,10H2,1-2H3/t18-,20+/m0/s1. The molecule has 3 aromatic carbocycles. The smallest absolute Gasteiger partial charge is 0.344 e. The molecule has 1 aliphatic heterocycles. The summed E-state index contributed by atoms with van der Waals surface area (Å²) in [6.07, 6.45) is -1.52. The SMILES string of the molecule is COc1c(O)ccc2c1O[C@@H](CO)[C@@H]2Oc1ccc2c(=O)oc3cc(O)ccc3c2c1OC. The minimum Gasteiger partial charge on any atom is -0.508 e. The molecule has 0 amide bonds. The van der Waals surface area contributed by atoms with Gasteiger partial charge in [-0.2, -0.15) is 0 Å². The number of phenolic OH excluding ortho intramolecular Hbond substituents is 2. The minimum atomic E-state index is -0.773. The third-order valence-corrected chi connectivity index (χ3v) is 5.66. The van der Waals surface area contributed by atoms with E-state index in [1.807, 2.05) is 0 Å². The van der Waals surface area contributed by atoms with Gasteiger partial charge in [0.1, 0.15) is 11.3 Å². The van der Waals surface area contributed by atoms with Gasteiger partial charge in [-0.3, -0.25) is 0 Å². The van der Waals surface area contributed by atoms with Gasteiger partial charge in [-0.15, -0.1) is 0 Å². The molecule has 0 spiro atoms. The lowest BCUT2D eigenvalue weighted by atomic mass is 10.0. The predicted octanol–water partition coefficient (Wildman–Crippen LogP) is 3.25. The Morgan fingerprint density at radius 2 is 1.73 bits per heavy atom. The first-order valence-corrected chi connectivity index (χ1v) is 10.1. The molecular weight excluding hydrogens is 432 g/mol. The molecule has 1 aliphatic rings. The number of hydrogen-bond donors (Lipinski definition) is 3. The van der Waals surface area contributed by atoms with Crippen LogP contribution in [-0.4, -0.2) is 42.3 Å². The molecule has 0 bridgehead atoms. The Morgan fingerprint density at radius 1 is 0.970 bits per heavy atom. The molecule has 33 heavy (non-hydrogen) atoms. The molecule has 2 atom stereocenters. The van der Waals surface area contributed by atoms with Crippen molar-refractivity contribution in [2.24, 2.45) is 0 Å². The van der Waals surface area contributed by atoms with Crippen LogP contribution in [0.3, 0.4) is 0 Å². The van der Waals surface area contributed by atoms with Crippen LogP contribution in [0.2, 0.25) is 0 Å². The van der Waals surface area contributed by atoms with Crippen LogP contribution in [0.4, 0.5) is 0 Å². The van der Waals surface area contributed by atoms with Crippen molar-refractivity contribution in [2.75, 3.05) is 20.8 Å². The van der Waals surface area contributed by atoms with Gasteiger partial charge >= 0.3 is 5.63 Å². The Labute approximate surface area is 186 Å². The number of aliphatic hydroxyl groups excluding tert-OH is 1. The van der Waals surface area contributed by atoms with Crippen molar-refractivity contribution in [2.45, 2.75) is 12.2 Å². The summed E-state index contributed by atoms with van der Waals surface area (Å²) >= 11 is 0. The second-order valence-corrected chi connectivity index (χ2v) is 7.50. The molecule has 0 saturated carbocycles. The van der Waals surface area contributed by atoms with Crippen LogP contribution in [0.15, 0.2) is 51.7 Å². The van der Waals surface area contributed by atoms with Crippen LogP contribution in [0.5, 0.6) is 34.5 Å². The predicted molar refractivity (Wildman–Crippen MR) is 118 cm³/mol. The first-order valence-electron chi connectivity index (χ1n) is 10.1. The van der Waals surface area contributed by atoms with Gasteiger partial charge in [-0.1, -0.05) is 0 Å². The van der Waals surface area contributed by atoms with Crippen molar-refractivity contribution in [1.82, 2.24) is 0 Å². The van der Waals surface area contributed by atoms with Crippen molar-refractivity contribution in [3.05, 3.63) is 58.4 Å². The summed E-state index contributed by atoms with van der Waals surface area (Å²) in [5.74, 6) is 0.870. The number of aromatic hydroxyl groups is 2. The van der Waals surface area contributed by atoms with Crippen molar-refractivity contribution < 1.29 is 38.7 Å². The van der Waals surface area contributed by atoms with Gasteiger partial charge in [0, 0.05) is 22.4 Å². The zero-order valence-corrected chi connectivity index (χ0v) is 17.7. The molecule has 0 unspecified atom stereocenters. The normalized spacial score (nSPS) is 17.1. The minimum absolute atomic E-state index is 0.0425. The fourth-order valence-electron chi connectivity index (χ4n) is 4.19. The molecule has 0 fully saturated rings. The maximum absolute atomic E-state index is 12.6. The van der Waals surface area contributed by atoms with E-state index >= 15 is 0 Å². The van der Waals surface area contributed by atoms with Gasteiger partial charge in [-0.25, -0.2) is 4.79 Å². The number of methoxy groups -OCH3 is 2. The van der Waals surface area contributed by atoms with E-state index in [0.717, 1.165) is 0 Å². The van der Waals surface area contributed by atoms with E-state index in [4.69, 9.17) is 23.4 Å². The maximum atomic E-state index is 12.6. The van der Waals surface area contributed by atoms with Crippen molar-refractivity contribution in [3.8, 4) is 34.5 Å². The summed E-state index contributed by atoms with van der Waals surface area (Å²) < 4.78 is 28.3. The number of ether oxygens (including phenoxy) is 4. The molecule has 9 nitrogen and oxygen atoms in total. The molecule has 2 heterocycles. The Bertz CT molecular complexity index is 1440. The number of benzene rings is 3. The van der Waals surface area contributed by atoms with Gasteiger partial charge < -0.3 is 38.7 Å². The van der Waals surface area contributed by atoms with Crippen LogP contribution in [-0.2, 0) is 0 Å². The van der Waals surface area contributed by atoms with Gasteiger partial charge in [-0.05, 0) is 36.4 Å². The largest absolute Gasteiger partial charge is 0.508 e. The maximum Gasteiger partial charge on any atom is 0.344 e. The fraction of sp³-hybridized carbons (Fsp3) is 0.208. The molecule has 3 N–H and O–H groups in total. The van der Waals surface area contributed by atoms with Crippen molar-refractivity contribution in [3.63, 3.8) is 0 Å². The van der Waals surface area contributed by atoms with Crippen LogP contribution < -0.4 is 24.6 Å². The third-order valence-electron chi connectivity index (χ3n) is 5.66. The Balaban J connectivity index is 1.69. The number of aliphatic hydroxyl groups is 1. The van der Waals surface area contributed by atoms with Crippen LogP contribution in [0.1, 0.15) is 11.7 Å². The average molecular weight is 452 g/mol. The number of rotatable bonds is 5. The molecule has 1 aromatic heterocycles. The van der Waals surface area contributed by atoms with Crippen LogP contribution in [0.25, 0.3) is 21.7 Å². The first kappa shape index (κ1) is 20.8. The van der Waals surface area contributed by atoms with E-state index in [0.29, 0.717) is 22.1 Å². The van der Waals surface area contributed by atoms with Crippen LogP contribution in [0, 0.1) is 0 Å². The molecule has 9 heteroatoms. The second kappa shape index (κ2) is 7.79. The molecule has 5 rings (SSSR count). The van der Waals surface area contributed by atoms with E-state index in [9.17, 15) is 20.1 Å². The zero-order chi connectivity index (χ0) is 23.3. The van der Waals surface area contributed by atoms with E-state index in [1.165, 1.54) is 32.4 Å². The quantitative estimate of drug-likeness (QED) is 0.309. The molecule has 0 saturated heterocycles. The number of fused-ring (bicyclic) bond motifs is 4. The second-order valence-electron chi connectivity index (χ2n) is 7.50. The summed E-state index contributed by atoms with van der Waals surface area (Å²) in [4.78, 5) is 12.6. The topological polar surface area (TPSA) is 128 Å². The third kappa shape index (κ3) is 3.16. The highest BCUT2D eigenvalue weighted by Gasteiger charge is 2.39. The summed E-state index contributed by atoms with van der Waals surface area (Å²) in [5, 5.41) is 31.1. The lowest BCUT2D eigenvalue weighted by Gasteiger charge is -2.21. The molecule has 170 valence electrons. The Morgan fingerprint density at radius 3 is 2.45 bits per heavy atom. The van der Waals surface area contributed by atoms with Crippen molar-refractivity contribution in [1.29, 1.82) is 0 Å². The highest BCUT2D eigenvalue weighted by atomic mass is 16.6. The number of hydrogen-bond acceptors (Lipinski definition) is 9. The van der Waals surface area contributed by atoms with Crippen molar-refractivity contribution >= 4 is 21.7 Å². The summed E-state index contributed by atoms with van der Waals surface area (Å²) in [5.41, 5.74) is 0.190. The highest BCUT2D eigenvalue weighted by molar-refractivity contribution is 6.09. The molecule has 0 aliphatic carbocycles. The molecule has 4 aromatic rings. The summed E-state index contributed by atoms with van der Waals surface area (Å²) in [6.45, 7) is -0.356. The van der Waals surface area contributed by atoms with Crippen LogP contribution >= 0.6 is 0 Å². The van der Waals surface area contributed by atoms with Gasteiger partial charge in [0.25, 0.3) is 0 Å². The van der Waals surface area contributed by atoms with Gasteiger partial charge in [0.05, 0.1) is 26.2 Å². The highest BCUT2D eigenvalue weighted by Crippen LogP contribution is 2.50. The molecular formula is C24H20O9. The fourth-order valence-corrected chi connectivity index (χ4v) is 4.19. The lowest BCUT2D eigenvalue weighted by Crippen LogP contribution is -2.27. The first-order chi connectivity index (χ1) is 16.0.